The van der Waals surface area contributed by atoms with Gasteiger partial charge < -0.3 is 14.6 Å². The molecule has 1 N–H and O–H groups in total. The van der Waals surface area contributed by atoms with Crippen molar-refractivity contribution >= 4 is 27.6 Å². The Bertz CT molecular complexity index is 934. The number of carbonyl (C=O) groups is 2. The molecule has 8 nitrogen and oxygen atoms in total. The Morgan fingerprint density at radius 2 is 1.96 bits per heavy atom. The Balaban J connectivity index is 2.13. The molecule has 0 bridgehead atoms. The Morgan fingerprint density at radius 3 is 2.58 bits per heavy atom. The van der Waals surface area contributed by atoms with Gasteiger partial charge in [-0.1, -0.05) is 12.1 Å². The van der Waals surface area contributed by atoms with Crippen LogP contribution in [0.3, 0.4) is 0 Å². The summed E-state index contributed by atoms with van der Waals surface area (Å²) in [5.74, 6) is -1.11. The number of methoxy groups -OCH3 is 1. The molecule has 0 fully saturated rings. The molecule has 2 rings (SSSR count). The van der Waals surface area contributed by atoms with E-state index in [1.807, 2.05) is 13.0 Å². The molecule has 2 aromatic rings. The molecule has 9 heteroatoms. The van der Waals surface area contributed by atoms with Gasteiger partial charge in [0, 0.05) is 26.0 Å². The van der Waals surface area contributed by atoms with E-state index in [0.717, 1.165) is 9.87 Å². The first-order chi connectivity index (χ1) is 12.1. The van der Waals surface area contributed by atoms with Crippen LogP contribution < -0.4 is 5.32 Å². The number of benzene rings is 1. The number of amides is 1. The molecule has 0 aliphatic rings. The lowest BCUT2D eigenvalue weighted by Gasteiger charge is -2.16. The third-order valence-electron chi connectivity index (χ3n) is 3.75. The summed E-state index contributed by atoms with van der Waals surface area (Å²) < 4.78 is 32.2. The van der Waals surface area contributed by atoms with Gasteiger partial charge >= 0.3 is 5.97 Å². The number of nitrogens with one attached hydrogen (secondary N) is 1. The molecule has 0 saturated carbocycles. The van der Waals surface area contributed by atoms with Crippen LogP contribution in [0, 0.1) is 6.92 Å². The molecule has 1 aromatic heterocycles. The van der Waals surface area contributed by atoms with Gasteiger partial charge in [-0.05, 0) is 30.7 Å². The van der Waals surface area contributed by atoms with E-state index in [1.165, 1.54) is 38.0 Å². The zero-order chi connectivity index (χ0) is 19.5. The highest BCUT2D eigenvalue weighted by Gasteiger charge is 2.26. The first-order valence-electron chi connectivity index (χ1n) is 7.72. The van der Waals surface area contributed by atoms with E-state index in [-0.39, 0.29) is 17.1 Å². The number of esters is 1. The fourth-order valence-electron chi connectivity index (χ4n) is 2.37. The molecule has 0 radical (unpaired) electrons. The maximum absolute atomic E-state index is 12.6. The van der Waals surface area contributed by atoms with Crippen molar-refractivity contribution in [2.75, 3.05) is 26.0 Å². The zero-order valence-corrected chi connectivity index (χ0v) is 15.8. The molecule has 26 heavy (non-hydrogen) atoms. The number of anilines is 1. The summed E-state index contributed by atoms with van der Waals surface area (Å²) in [6.45, 7) is 1.53. The van der Waals surface area contributed by atoms with Gasteiger partial charge in [0.2, 0.25) is 15.9 Å². The van der Waals surface area contributed by atoms with Crippen molar-refractivity contribution in [1.82, 2.24) is 8.87 Å². The van der Waals surface area contributed by atoms with Crippen molar-refractivity contribution in [2.24, 2.45) is 7.05 Å². The maximum atomic E-state index is 12.6. The van der Waals surface area contributed by atoms with Gasteiger partial charge in [-0.2, -0.15) is 4.31 Å². The highest BCUT2D eigenvalue weighted by molar-refractivity contribution is 7.89. The zero-order valence-electron chi connectivity index (χ0n) is 15.0. The molecular formula is C17H21N3O5S. The minimum Gasteiger partial charge on any atom is -0.464 e. The van der Waals surface area contributed by atoms with Crippen molar-refractivity contribution < 1.29 is 22.7 Å². The van der Waals surface area contributed by atoms with Gasteiger partial charge in [0.1, 0.15) is 10.6 Å². The normalized spacial score (nSPS) is 11.4. The van der Waals surface area contributed by atoms with Crippen LogP contribution in [-0.4, -0.2) is 49.9 Å². The summed E-state index contributed by atoms with van der Waals surface area (Å²) in [4.78, 5) is 23.7. The standard InChI is InChI=1S/C17H21N3O5S/c1-12-6-5-7-13(8-12)18-16(21)11-20(3)26(23,24)14-9-15(17(22)25-4)19(2)10-14/h5-10H,11H2,1-4H3,(H,18,21). The Hall–Kier alpha value is -2.65. The fourth-order valence-corrected chi connectivity index (χ4v) is 3.57. The van der Waals surface area contributed by atoms with E-state index < -0.39 is 21.9 Å². The van der Waals surface area contributed by atoms with Crippen LogP contribution >= 0.6 is 0 Å². The average Bonchev–Trinajstić information content (AvgIpc) is 2.96. The topological polar surface area (TPSA) is 97.7 Å². The minimum absolute atomic E-state index is 0.0914. The Labute approximate surface area is 152 Å². The second-order valence-corrected chi connectivity index (χ2v) is 7.89. The third kappa shape index (κ3) is 4.30. The molecule has 0 aliphatic heterocycles. The largest absolute Gasteiger partial charge is 0.464 e. The number of nitrogens with zero attached hydrogens (tertiary/aromatic N) is 2. The number of hydrogen-bond donors (Lipinski definition) is 1. The number of sulfonamides is 1. The lowest BCUT2D eigenvalue weighted by atomic mass is 10.2. The minimum atomic E-state index is -3.93. The SMILES string of the molecule is COC(=O)c1cc(S(=O)(=O)N(C)CC(=O)Nc2cccc(C)c2)cn1C. The van der Waals surface area contributed by atoms with Gasteiger partial charge in [-0.25, -0.2) is 13.2 Å². The number of ether oxygens (including phenoxy) is 1. The molecule has 0 aliphatic carbocycles. The van der Waals surface area contributed by atoms with Crippen LogP contribution in [0.2, 0.25) is 0 Å². The van der Waals surface area contributed by atoms with E-state index in [2.05, 4.69) is 10.1 Å². The molecular weight excluding hydrogens is 358 g/mol. The summed E-state index contributed by atoms with van der Waals surface area (Å²) in [5, 5.41) is 2.66. The maximum Gasteiger partial charge on any atom is 0.354 e. The predicted octanol–water partition coefficient (Wildman–Crippen LogP) is 1.38. The van der Waals surface area contributed by atoms with Gasteiger partial charge in [0.15, 0.2) is 0 Å². The van der Waals surface area contributed by atoms with Crippen molar-refractivity contribution in [2.45, 2.75) is 11.8 Å². The van der Waals surface area contributed by atoms with E-state index >= 15 is 0 Å². The highest BCUT2D eigenvalue weighted by Crippen LogP contribution is 2.18. The van der Waals surface area contributed by atoms with Crippen molar-refractivity contribution in [1.29, 1.82) is 0 Å². The van der Waals surface area contributed by atoms with E-state index in [0.29, 0.717) is 5.69 Å². The Kier molecular flexibility index (Phi) is 5.83. The quantitative estimate of drug-likeness (QED) is 0.765. The fraction of sp³-hybridized carbons (Fsp3) is 0.294. The lowest BCUT2D eigenvalue weighted by molar-refractivity contribution is -0.116. The molecule has 0 spiro atoms. The smallest absolute Gasteiger partial charge is 0.354 e. The Morgan fingerprint density at radius 1 is 1.27 bits per heavy atom. The van der Waals surface area contributed by atoms with E-state index in [9.17, 15) is 18.0 Å². The number of likely N-dealkylation sites (N-methyl/N-ethyl adjacent to an activating group) is 1. The van der Waals surface area contributed by atoms with Crippen molar-refractivity contribution in [3.63, 3.8) is 0 Å². The number of aromatic nitrogens is 1. The van der Waals surface area contributed by atoms with Crippen LogP contribution in [0.4, 0.5) is 5.69 Å². The summed E-state index contributed by atoms with van der Waals surface area (Å²) in [5.41, 5.74) is 1.67. The van der Waals surface area contributed by atoms with Gasteiger partial charge in [0.05, 0.1) is 13.7 Å². The number of rotatable bonds is 6. The predicted molar refractivity (Wildman–Crippen MR) is 96.4 cm³/mol. The first-order valence-corrected chi connectivity index (χ1v) is 9.16. The second kappa shape index (κ2) is 7.71. The second-order valence-electron chi connectivity index (χ2n) is 5.84. The van der Waals surface area contributed by atoms with E-state index in [4.69, 9.17) is 0 Å². The van der Waals surface area contributed by atoms with Crippen LogP contribution in [0.15, 0.2) is 41.4 Å². The summed E-state index contributed by atoms with van der Waals surface area (Å²) in [6.07, 6.45) is 1.30. The molecule has 1 amide bonds. The first kappa shape index (κ1) is 19.7. The number of aryl methyl sites for hydroxylation is 2. The van der Waals surface area contributed by atoms with Gasteiger partial charge in [-0.15, -0.1) is 0 Å². The molecule has 140 valence electrons. The van der Waals surface area contributed by atoms with Crippen molar-refractivity contribution in [3.05, 3.63) is 47.8 Å². The van der Waals surface area contributed by atoms with Gasteiger partial charge in [0.25, 0.3) is 0 Å². The summed E-state index contributed by atoms with van der Waals surface area (Å²) >= 11 is 0. The average molecular weight is 379 g/mol. The number of hydrogen-bond acceptors (Lipinski definition) is 5. The summed E-state index contributed by atoms with van der Waals surface area (Å²) in [7, 11) is 0.119. The van der Waals surface area contributed by atoms with Crippen LogP contribution in [-0.2, 0) is 26.6 Å². The molecule has 1 aromatic carbocycles. The van der Waals surface area contributed by atoms with Crippen LogP contribution in [0.25, 0.3) is 0 Å². The van der Waals surface area contributed by atoms with Crippen LogP contribution in [0.5, 0.6) is 0 Å². The highest BCUT2D eigenvalue weighted by atomic mass is 32.2. The van der Waals surface area contributed by atoms with Crippen molar-refractivity contribution in [3.8, 4) is 0 Å². The van der Waals surface area contributed by atoms with E-state index in [1.54, 1.807) is 18.2 Å². The molecule has 0 unspecified atom stereocenters. The lowest BCUT2D eigenvalue weighted by Crippen LogP contribution is -2.34. The third-order valence-corrected chi connectivity index (χ3v) is 5.52. The van der Waals surface area contributed by atoms with Crippen LogP contribution in [0.1, 0.15) is 16.1 Å². The number of carbonyl (C=O) groups excluding carboxylic acids is 2. The van der Waals surface area contributed by atoms with Gasteiger partial charge in [-0.3, -0.25) is 4.79 Å². The monoisotopic (exact) mass is 379 g/mol. The molecule has 0 saturated heterocycles. The molecule has 1 heterocycles. The summed E-state index contributed by atoms with van der Waals surface area (Å²) in [6, 6.07) is 8.41. The molecule has 0 atom stereocenters.